The molecule has 0 fully saturated rings. The molecule has 0 spiro atoms. The predicted molar refractivity (Wildman–Crippen MR) is 69.9 cm³/mol. The summed E-state index contributed by atoms with van der Waals surface area (Å²) in [5.41, 5.74) is 8.58. The average molecular weight is 240 g/mol. The van der Waals surface area contributed by atoms with Gasteiger partial charge in [-0.05, 0) is 44.0 Å². The maximum Gasteiger partial charge on any atom is 0.138 e. The Balaban J connectivity index is 3.49. The van der Waals surface area contributed by atoms with Crippen LogP contribution in [0.3, 0.4) is 0 Å². The Morgan fingerprint density at radius 2 is 2.00 bits per heavy atom. The quantitative estimate of drug-likeness (QED) is 0.875. The zero-order valence-electron chi connectivity index (χ0n) is 10.2. The first-order chi connectivity index (χ1) is 7.27. The van der Waals surface area contributed by atoms with Gasteiger partial charge in [0.1, 0.15) is 5.75 Å². The molecule has 88 valence electrons. The molecule has 0 heterocycles. The van der Waals surface area contributed by atoms with Crippen molar-refractivity contribution in [2.45, 2.75) is 26.3 Å². The lowest BCUT2D eigenvalue weighted by molar-refractivity contribution is 0.414. The van der Waals surface area contributed by atoms with Crippen molar-refractivity contribution in [1.29, 1.82) is 0 Å². The number of nitrogens with two attached hydrogens (primary N) is 1. The van der Waals surface area contributed by atoms with Gasteiger partial charge in [-0.1, -0.05) is 23.8 Å². The van der Waals surface area contributed by atoms with E-state index >= 15 is 0 Å². The number of halogens is 1. The number of ether oxygens (including phenoxy) is 1. The van der Waals surface area contributed by atoms with Crippen LogP contribution in [-0.2, 0) is 5.54 Å². The van der Waals surface area contributed by atoms with Gasteiger partial charge in [0, 0.05) is 5.54 Å². The van der Waals surface area contributed by atoms with Crippen LogP contribution in [0.1, 0.15) is 31.9 Å². The van der Waals surface area contributed by atoms with Crippen molar-refractivity contribution in [3.8, 4) is 5.75 Å². The van der Waals surface area contributed by atoms with E-state index in [4.69, 9.17) is 22.1 Å². The van der Waals surface area contributed by atoms with E-state index in [0.29, 0.717) is 10.8 Å². The topological polar surface area (TPSA) is 35.2 Å². The highest BCUT2D eigenvalue weighted by atomic mass is 35.5. The second kappa shape index (κ2) is 4.48. The molecule has 0 bridgehead atoms. The zero-order valence-corrected chi connectivity index (χ0v) is 11.0. The molecule has 0 amide bonds. The molecule has 0 saturated heterocycles. The Hall–Kier alpha value is -0.990. The van der Waals surface area contributed by atoms with Crippen LogP contribution in [0.2, 0.25) is 5.02 Å². The van der Waals surface area contributed by atoms with Crippen molar-refractivity contribution in [1.82, 2.24) is 0 Å². The molecule has 0 aliphatic carbocycles. The van der Waals surface area contributed by atoms with Gasteiger partial charge in [0.25, 0.3) is 0 Å². The molecule has 0 radical (unpaired) electrons. The summed E-state index contributed by atoms with van der Waals surface area (Å²) in [4.78, 5) is 0. The second-order valence-corrected chi connectivity index (χ2v) is 4.94. The van der Waals surface area contributed by atoms with Gasteiger partial charge in [-0.3, -0.25) is 0 Å². The smallest absolute Gasteiger partial charge is 0.138 e. The van der Waals surface area contributed by atoms with Gasteiger partial charge >= 0.3 is 0 Å². The lowest BCUT2D eigenvalue weighted by Crippen LogP contribution is -2.29. The van der Waals surface area contributed by atoms with Crippen LogP contribution in [0.15, 0.2) is 18.7 Å². The molecule has 0 aliphatic heterocycles. The van der Waals surface area contributed by atoms with E-state index in [-0.39, 0.29) is 0 Å². The van der Waals surface area contributed by atoms with Crippen molar-refractivity contribution in [2.75, 3.05) is 7.11 Å². The highest BCUT2D eigenvalue weighted by Gasteiger charge is 2.21. The first kappa shape index (κ1) is 13.1. The maximum absolute atomic E-state index is 6.12. The molecule has 1 aromatic carbocycles. The molecular weight excluding hydrogens is 222 g/mol. The summed E-state index contributed by atoms with van der Waals surface area (Å²) < 4.78 is 5.19. The van der Waals surface area contributed by atoms with Crippen LogP contribution in [0.25, 0.3) is 5.57 Å². The van der Waals surface area contributed by atoms with Gasteiger partial charge in [-0.25, -0.2) is 0 Å². The van der Waals surface area contributed by atoms with Crippen LogP contribution in [-0.4, -0.2) is 7.11 Å². The Labute approximate surface area is 102 Å². The molecule has 0 aliphatic rings. The molecule has 0 aromatic heterocycles. The van der Waals surface area contributed by atoms with E-state index in [1.54, 1.807) is 7.11 Å². The van der Waals surface area contributed by atoms with E-state index in [2.05, 4.69) is 6.58 Å². The molecular formula is C13H18ClNO. The van der Waals surface area contributed by atoms with Crippen LogP contribution >= 0.6 is 11.6 Å². The minimum absolute atomic E-state index is 0.454. The number of benzene rings is 1. The molecule has 2 N–H and O–H groups in total. The lowest BCUT2D eigenvalue weighted by Gasteiger charge is -2.24. The van der Waals surface area contributed by atoms with E-state index < -0.39 is 5.54 Å². The zero-order chi connectivity index (χ0) is 12.5. The third-order valence-electron chi connectivity index (χ3n) is 2.45. The summed E-state index contributed by atoms with van der Waals surface area (Å²) >= 11 is 6.10. The van der Waals surface area contributed by atoms with Crippen LogP contribution < -0.4 is 10.5 Å². The minimum Gasteiger partial charge on any atom is -0.495 e. The number of rotatable bonds is 3. The fraction of sp³-hybridized carbons (Fsp3) is 0.385. The summed E-state index contributed by atoms with van der Waals surface area (Å²) in [5, 5.41) is 0.570. The van der Waals surface area contributed by atoms with E-state index in [9.17, 15) is 0 Å². The fourth-order valence-electron chi connectivity index (χ4n) is 1.60. The largest absolute Gasteiger partial charge is 0.495 e. The van der Waals surface area contributed by atoms with Gasteiger partial charge in [-0.15, -0.1) is 0 Å². The summed E-state index contributed by atoms with van der Waals surface area (Å²) in [7, 11) is 1.59. The predicted octanol–water partition coefficient (Wildman–Crippen LogP) is 3.58. The van der Waals surface area contributed by atoms with Crippen molar-refractivity contribution in [3.63, 3.8) is 0 Å². The maximum atomic E-state index is 6.12. The number of hydrogen-bond acceptors (Lipinski definition) is 2. The minimum atomic E-state index is -0.454. The van der Waals surface area contributed by atoms with Gasteiger partial charge in [-0.2, -0.15) is 0 Å². The van der Waals surface area contributed by atoms with E-state index in [1.807, 2.05) is 32.9 Å². The third-order valence-corrected chi connectivity index (χ3v) is 2.74. The van der Waals surface area contributed by atoms with Crippen molar-refractivity contribution >= 4 is 17.2 Å². The van der Waals surface area contributed by atoms with Gasteiger partial charge in [0.15, 0.2) is 0 Å². The van der Waals surface area contributed by atoms with E-state index in [1.165, 1.54) is 0 Å². The molecule has 1 rings (SSSR count). The number of methoxy groups -OCH3 is 1. The molecule has 0 unspecified atom stereocenters. The molecule has 0 atom stereocenters. The summed E-state index contributed by atoms with van der Waals surface area (Å²) in [6.07, 6.45) is 0. The van der Waals surface area contributed by atoms with Gasteiger partial charge in [0.2, 0.25) is 0 Å². The highest BCUT2D eigenvalue weighted by Crippen LogP contribution is 2.35. The average Bonchev–Trinajstić information content (AvgIpc) is 2.15. The highest BCUT2D eigenvalue weighted by molar-refractivity contribution is 6.32. The van der Waals surface area contributed by atoms with E-state index in [0.717, 1.165) is 16.7 Å². The first-order valence-corrected chi connectivity index (χ1v) is 5.48. The van der Waals surface area contributed by atoms with Crippen molar-refractivity contribution in [2.24, 2.45) is 5.73 Å². The van der Waals surface area contributed by atoms with Gasteiger partial charge < -0.3 is 10.5 Å². The Morgan fingerprint density at radius 1 is 1.44 bits per heavy atom. The number of hydrogen-bond donors (Lipinski definition) is 1. The van der Waals surface area contributed by atoms with Crippen molar-refractivity contribution in [3.05, 3.63) is 34.9 Å². The Kier molecular flexibility index (Phi) is 3.66. The molecule has 0 saturated carbocycles. The molecule has 1 aromatic rings. The lowest BCUT2D eigenvalue weighted by atomic mass is 9.88. The standard InChI is InChI=1S/C13H18ClNO/c1-8(2)9-6-12(16-5)11(14)7-10(9)13(3,4)15/h6-7H,1,15H2,2-5H3. The third kappa shape index (κ3) is 2.57. The molecule has 16 heavy (non-hydrogen) atoms. The first-order valence-electron chi connectivity index (χ1n) is 5.10. The van der Waals surface area contributed by atoms with Crippen LogP contribution in [0.4, 0.5) is 0 Å². The fourth-order valence-corrected chi connectivity index (χ4v) is 1.84. The SMILES string of the molecule is C=C(C)c1cc(OC)c(Cl)cc1C(C)(C)N. The van der Waals surface area contributed by atoms with Gasteiger partial charge in [0.05, 0.1) is 12.1 Å². The normalized spacial score (nSPS) is 11.4. The molecule has 2 nitrogen and oxygen atoms in total. The van der Waals surface area contributed by atoms with Crippen LogP contribution in [0.5, 0.6) is 5.75 Å². The monoisotopic (exact) mass is 239 g/mol. The summed E-state index contributed by atoms with van der Waals surface area (Å²) in [6, 6.07) is 3.74. The Bertz CT molecular complexity index is 419. The Morgan fingerprint density at radius 3 is 2.38 bits per heavy atom. The summed E-state index contributed by atoms with van der Waals surface area (Å²) in [6.45, 7) is 9.78. The number of allylic oxidation sites excluding steroid dienone is 1. The second-order valence-electron chi connectivity index (χ2n) is 4.53. The molecule has 3 heteroatoms. The summed E-state index contributed by atoms with van der Waals surface area (Å²) in [5.74, 6) is 0.646. The van der Waals surface area contributed by atoms with Crippen LogP contribution in [0, 0.1) is 0 Å². The van der Waals surface area contributed by atoms with Crippen molar-refractivity contribution < 1.29 is 4.74 Å².